The van der Waals surface area contributed by atoms with Crippen LogP contribution in [0.4, 0.5) is 5.69 Å². The van der Waals surface area contributed by atoms with E-state index in [-0.39, 0.29) is 11.9 Å². The highest BCUT2D eigenvalue weighted by Gasteiger charge is 2.29. The number of rotatable bonds is 6. The molecule has 1 amide bonds. The van der Waals surface area contributed by atoms with Crippen molar-refractivity contribution in [1.82, 2.24) is 5.32 Å². The van der Waals surface area contributed by atoms with Gasteiger partial charge in [-0.15, -0.1) is 0 Å². The zero-order chi connectivity index (χ0) is 14.5. The quantitative estimate of drug-likeness (QED) is 0.738. The number of hydrogen-bond donors (Lipinski definition) is 3. The van der Waals surface area contributed by atoms with E-state index in [0.29, 0.717) is 18.6 Å². The van der Waals surface area contributed by atoms with Crippen LogP contribution < -0.4 is 10.6 Å². The van der Waals surface area contributed by atoms with E-state index in [1.807, 2.05) is 30.5 Å². The van der Waals surface area contributed by atoms with Crippen LogP contribution in [0.25, 0.3) is 0 Å². The van der Waals surface area contributed by atoms with Gasteiger partial charge in [-0.3, -0.25) is 4.79 Å². The molecule has 1 aliphatic heterocycles. The minimum absolute atomic E-state index is 0.255. The lowest BCUT2D eigenvalue weighted by atomic mass is 10.1. The third kappa shape index (κ3) is 3.45. The Balaban J connectivity index is 1.94. The third-order valence-corrected chi connectivity index (χ3v) is 3.96. The van der Waals surface area contributed by atoms with Crippen LogP contribution in [0, 0.1) is 0 Å². The number of thioether (sulfide) groups is 1. The molecule has 0 aliphatic carbocycles. The average Bonchev–Trinajstić information content (AvgIpc) is 2.86. The first-order chi connectivity index (χ1) is 9.61. The standard InChI is InChI=1S/C14H18N2O3S/c1-20-7-6-11(14(18)19)16-13(17)12-8-9-4-2-3-5-10(9)15-12/h2-5,11-12,15H,6-8H2,1H3,(H,16,17)(H,18,19)/t11-,12?/m1/s1. The van der Waals surface area contributed by atoms with Crippen molar-refractivity contribution < 1.29 is 14.7 Å². The van der Waals surface area contributed by atoms with Gasteiger partial charge in [-0.05, 0) is 30.1 Å². The number of carbonyl (C=O) groups is 2. The van der Waals surface area contributed by atoms with Crippen LogP contribution in [0.5, 0.6) is 0 Å². The summed E-state index contributed by atoms with van der Waals surface area (Å²) >= 11 is 1.57. The molecule has 0 fully saturated rings. The number of benzene rings is 1. The van der Waals surface area contributed by atoms with Gasteiger partial charge in [0.15, 0.2) is 0 Å². The molecule has 20 heavy (non-hydrogen) atoms. The van der Waals surface area contributed by atoms with E-state index < -0.39 is 12.0 Å². The monoisotopic (exact) mass is 294 g/mol. The Hall–Kier alpha value is -1.69. The number of carboxylic acids is 1. The summed E-state index contributed by atoms with van der Waals surface area (Å²) in [6.45, 7) is 0. The van der Waals surface area contributed by atoms with Crippen LogP contribution in [-0.2, 0) is 16.0 Å². The Labute approximate surface area is 122 Å². The van der Waals surface area contributed by atoms with Crippen LogP contribution in [-0.4, -0.2) is 41.1 Å². The van der Waals surface area contributed by atoms with E-state index in [9.17, 15) is 9.59 Å². The molecule has 2 atom stereocenters. The summed E-state index contributed by atoms with van der Waals surface area (Å²) in [5.41, 5.74) is 2.03. The van der Waals surface area contributed by atoms with Crippen LogP contribution in [0.2, 0.25) is 0 Å². The Morgan fingerprint density at radius 1 is 1.50 bits per heavy atom. The smallest absolute Gasteiger partial charge is 0.326 e. The second-order valence-corrected chi connectivity index (χ2v) is 5.72. The van der Waals surface area contributed by atoms with E-state index in [1.165, 1.54) is 0 Å². The molecular formula is C14H18N2O3S. The lowest BCUT2D eigenvalue weighted by Crippen LogP contribution is -2.47. The van der Waals surface area contributed by atoms with Gasteiger partial charge in [0.25, 0.3) is 0 Å². The molecular weight excluding hydrogens is 276 g/mol. The fourth-order valence-corrected chi connectivity index (χ4v) is 2.69. The molecule has 0 saturated carbocycles. The minimum Gasteiger partial charge on any atom is -0.480 e. The molecule has 0 aromatic heterocycles. The van der Waals surface area contributed by atoms with Gasteiger partial charge < -0.3 is 15.7 Å². The summed E-state index contributed by atoms with van der Waals surface area (Å²) in [5.74, 6) is -0.534. The number of amides is 1. The predicted octanol–water partition coefficient (Wildman–Crippen LogP) is 1.35. The highest BCUT2D eigenvalue weighted by Crippen LogP contribution is 2.25. The normalized spacial score (nSPS) is 17.9. The number of carbonyl (C=O) groups excluding carboxylic acids is 1. The van der Waals surface area contributed by atoms with E-state index in [1.54, 1.807) is 11.8 Å². The van der Waals surface area contributed by atoms with Gasteiger partial charge in [-0.1, -0.05) is 18.2 Å². The van der Waals surface area contributed by atoms with Crippen LogP contribution in [0.15, 0.2) is 24.3 Å². The lowest BCUT2D eigenvalue weighted by molar-refractivity contribution is -0.141. The van der Waals surface area contributed by atoms with Crippen LogP contribution in [0.1, 0.15) is 12.0 Å². The van der Waals surface area contributed by atoms with E-state index >= 15 is 0 Å². The number of anilines is 1. The fraction of sp³-hybridized carbons (Fsp3) is 0.429. The summed E-state index contributed by atoms with van der Waals surface area (Å²) in [6, 6.07) is 6.52. The van der Waals surface area contributed by atoms with Crippen LogP contribution >= 0.6 is 11.8 Å². The highest BCUT2D eigenvalue weighted by atomic mass is 32.2. The molecule has 0 saturated heterocycles. The van der Waals surface area contributed by atoms with E-state index in [0.717, 1.165) is 11.3 Å². The zero-order valence-electron chi connectivity index (χ0n) is 11.3. The molecule has 0 bridgehead atoms. The molecule has 6 heteroatoms. The SMILES string of the molecule is CSCC[C@@H](NC(=O)C1Cc2ccccc2N1)C(=O)O. The first-order valence-electron chi connectivity index (χ1n) is 6.48. The first kappa shape index (κ1) is 14.7. The molecule has 2 rings (SSSR count). The van der Waals surface area contributed by atoms with Gasteiger partial charge >= 0.3 is 5.97 Å². The van der Waals surface area contributed by atoms with Gasteiger partial charge in [0.2, 0.25) is 5.91 Å². The maximum absolute atomic E-state index is 12.1. The molecule has 0 radical (unpaired) electrons. The van der Waals surface area contributed by atoms with Gasteiger partial charge in [0.05, 0.1) is 0 Å². The number of fused-ring (bicyclic) bond motifs is 1. The van der Waals surface area contributed by atoms with Crippen molar-refractivity contribution in [2.75, 3.05) is 17.3 Å². The van der Waals surface area contributed by atoms with Gasteiger partial charge in [0, 0.05) is 12.1 Å². The Kier molecular flexibility index (Phi) is 4.89. The van der Waals surface area contributed by atoms with Crippen molar-refractivity contribution in [3.05, 3.63) is 29.8 Å². The number of para-hydroxylation sites is 1. The van der Waals surface area contributed by atoms with Crippen molar-refractivity contribution >= 4 is 29.3 Å². The van der Waals surface area contributed by atoms with E-state index in [4.69, 9.17) is 5.11 Å². The van der Waals surface area contributed by atoms with Gasteiger partial charge in [0.1, 0.15) is 12.1 Å². The molecule has 1 unspecified atom stereocenters. The zero-order valence-corrected chi connectivity index (χ0v) is 12.1. The average molecular weight is 294 g/mol. The Bertz CT molecular complexity index is 482. The van der Waals surface area contributed by atoms with Crippen molar-refractivity contribution in [3.63, 3.8) is 0 Å². The molecule has 1 aromatic carbocycles. The highest BCUT2D eigenvalue weighted by molar-refractivity contribution is 7.98. The molecule has 1 aliphatic rings. The largest absolute Gasteiger partial charge is 0.480 e. The van der Waals surface area contributed by atoms with E-state index in [2.05, 4.69) is 10.6 Å². The first-order valence-corrected chi connectivity index (χ1v) is 7.87. The lowest BCUT2D eigenvalue weighted by Gasteiger charge is -2.17. The van der Waals surface area contributed by atoms with Crippen molar-refractivity contribution in [3.8, 4) is 0 Å². The maximum atomic E-state index is 12.1. The van der Waals surface area contributed by atoms with Crippen molar-refractivity contribution in [2.24, 2.45) is 0 Å². The maximum Gasteiger partial charge on any atom is 0.326 e. The summed E-state index contributed by atoms with van der Waals surface area (Å²) in [7, 11) is 0. The summed E-state index contributed by atoms with van der Waals surface area (Å²) in [6.07, 6.45) is 2.94. The number of nitrogens with one attached hydrogen (secondary N) is 2. The minimum atomic E-state index is -0.983. The molecule has 1 aromatic rings. The second-order valence-electron chi connectivity index (χ2n) is 4.74. The van der Waals surface area contributed by atoms with Gasteiger partial charge in [-0.2, -0.15) is 11.8 Å². The molecule has 108 valence electrons. The summed E-state index contributed by atoms with van der Waals surface area (Å²) < 4.78 is 0. The molecule has 5 nitrogen and oxygen atoms in total. The van der Waals surface area contributed by atoms with Crippen molar-refractivity contribution in [1.29, 1.82) is 0 Å². The van der Waals surface area contributed by atoms with Crippen LogP contribution in [0.3, 0.4) is 0 Å². The fourth-order valence-electron chi connectivity index (χ4n) is 2.22. The summed E-state index contributed by atoms with van der Waals surface area (Å²) in [5, 5.41) is 14.9. The number of carboxylic acid groups (broad SMARTS) is 1. The topological polar surface area (TPSA) is 78.4 Å². The predicted molar refractivity (Wildman–Crippen MR) is 80.1 cm³/mol. The van der Waals surface area contributed by atoms with Gasteiger partial charge in [-0.25, -0.2) is 4.79 Å². The molecule has 3 N–H and O–H groups in total. The third-order valence-electron chi connectivity index (χ3n) is 3.31. The summed E-state index contributed by atoms with van der Waals surface area (Å²) in [4.78, 5) is 23.3. The number of aliphatic carboxylic acids is 1. The molecule has 0 spiro atoms. The second kappa shape index (κ2) is 6.65. The number of hydrogen-bond acceptors (Lipinski definition) is 4. The Morgan fingerprint density at radius 2 is 2.25 bits per heavy atom. The molecule has 1 heterocycles. The van der Waals surface area contributed by atoms with Crippen molar-refractivity contribution in [2.45, 2.75) is 24.9 Å². The Morgan fingerprint density at radius 3 is 2.90 bits per heavy atom.